The third kappa shape index (κ3) is 4.40. The first-order valence-corrected chi connectivity index (χ1v) is 20.4. The van der Waals surface area contributed by atoms with Crippen molar-refractivity contribution in [1.82, 2.24) is 0 Å². The minimum atomic E-state index is -0.377. The normalized spacial score (nSPS) is 15.6. The zero-order valence-corrected chi connectivity index (χ0v) is 32.3. The third-order valence-electron chi connectivity index (χ3n) is 13.6. The van der Waals surface area contributed by atoms with E-state index in [2.05, 4.69) is 207 Å². The summed E-state index contributed by atoms with van der Waals surface area (Å²) in [6.45, 7) is 4.75. The molecule has 0 saturated heterocycles. The van der Waals surface area contributed by atoms with Crippen LogP contribution >= 0.6 is 0 Å². The average Bonchev–Trinajstić information content (AvgIpc) is 3.83. The third-order valence-corrected chi connectivity index (χ3v) is 13.6. The van der Waals surface area contributed by atoms with Gasteiger partial charge in [0.05, 0.1) is 5.41 Å². The summed E-state index contributed by atoms with van der Waals surface area (Å²) in [5, 5.41) is 0. The summed E-state index contributed by atoms with van der Waals surface area (Å²) in [6, 6.07) is 70.8. The summed E-state index contributed by atoms with van der Waals surface area (Å²) in [5.41, 5.74) is 25.0. The number of benzene rings is 8. The lowest BCUT2D eigenvalue weighted by molar-refractivity contribution is 0.660. The highest BCUT2D eigenvalue weighted by Crippen LogP contribution is 2.66. The fourth-order valence-electron chi connectivity index (χ4n) is 11.1. The second kappa shape index (κ2) is 11.9. The van der Waals surface area contributed by atoms with Crippen LogP contribution in [0.3, 0.4) is 0 Å². The molecule has 0 aromatic heterocycles. The summed E-state index contributed by atoms with van der Waals surface area (Å²) in [4.78, 5) is 2.49. The van der Waals surface area contributed by atoms with Crippen LogP contribution < -0.4 is 4.90 Å². The fourth-order valence-corrected chi connectivity index (χ4v) is 11.1. The molecule has 0 fully saturated rings. The lowest BCUT2D eigenvalue weighted by atomic mass is 9.66. The number of fused-ring (bicyclic) bond motifs is 14. The van der Waals surface area contributed by atoms with Gasteiger partial charge in [0.25, 0.3) is 0 Å². The highest BCUT2D eigenvalue weighted by atomic mass is 15.1. The van der Waals surface area contributed by atoms with Crippen molar-refractivity contribution in [3.8, 4) is 33.4 Å². The van der Waals surface area contributed by atoms with E-state index in [4.69, 9.17) is 0 Å². The van der Waals surface area contributed by atoms with Gasteiger partial charge in [0.15, 0.2) is 0 Å². The van der Waals surface area contributed by atoms with Crippen LogP contribution in [-0.2, 0) is 17.3 Å². The zero-order valence-electron chi connectivity index (χ0n) is 32.3. The summed E-state index contributed by atoms with van der Waals surface area (Å²) in [6.07, 6.45) is 2.06. The summed E-state index contributed by atoms with van der Waals surface area (Å²) >= 11 is 0. The molecule has 0 radical (unpaired) electrons. The molecule has 0 unspecified atom stereocenters. The predicted molar refractivity (Wildman–Crippen MR) is 237 cm³/mol. The molecule has 0 amide bonds. The first kappa shape index (κ1) is 32.5. The molecule has 0 aliphatic heterocycles. The number of aryl methyl sites for hydroxylation is 1. The lowest BCUT2D eigenvalue weighted by Gasteiger charge is -2.35. The number of nitrogens with zero attached hydrogens (tertiary/aromatic N) is 1. The molecule has 1 spiro atoms. The minimum absolute atomic E-state index is 0.104. The molecule has 8 aromatic carbocycles. The maximum Gasteiger partial charge on any atom is 0.0728 e. The molecule has 1 heteroatoms. The van der Waals surface area contributed by atoms with Crippen molar-refractivity contribution in [3.63, 3.8) is 0 Å². The van der Waals surface area contributed by atoms with Crippen molar-refractivity contribution < 1.29 is 0 Å². The smallest absolute Gasteiger partial charge is 0.0728 e. The second-order valence-corrected chi connectivity index (χ2v) is 16.7. The van der Waals surface area contributed by atoms with Crippen LogP contribution in [0.25, 0.3) is 44.5 Å². The highest BCUT2D eigenvalue weighted by molar-refractivity contribution is 6.11. The van der Waals surface area contributed by atoms with Crippen molar-refractivity contribution in [3.05, 3.63) is 233 Å². The first-order valence-electron chi connectivity index (χ1n) is 20.4. The fraction of sp³-hybridized carbons (Fsp3) is 0.107. The van der Waals surface area contributed by atoms with Gasteiger partial charge in [0.2, 0.25) is 0 Å². The largest absolute Gasteiger partial charge is 0.310 e. The Balaban J connectivity index is 1.10. The molecule has 270 valence electrons. The number of allylic oxidation sites excluding steroid dienone is 2. The van der Waals surface area contributed by atoms with E-state index in [-0.39, 0.29) is 10.8 Å². The van der Waals surface area contributed by atoms with E-state index in [9.17, 15) is 0 Å². The number of hydrogen-bond acceptors (Lipinski definition) is 1. The van der Waals surface area contributed by atoms with E-state index in [1.54, 1.807) is 0 Å². The van der Waals surface area contributed by atoms with Gasteiger partial charge in [-0.05, 0) is 138 Å². The molecule has 8 aromatic rings. The quantitative estimate of drug-likeness (QED) is 0.174. The molecule has 1 nitrogen and oxygen atoms in total. The Kier molecular flexibility index (Phi) is 6.79. The summed E-state index contributed by atoms with van der Waals surface area (Å²) in [7, 11) is 0. The molecule has 0 bridgehead atoms. The van der Waals surface area contributed by atoms with Gasteiger partial charge in [-0.25, -0.2) is 0 Å². The van der Waals surface area contributed by atoms with E-state index in [1.807, 2.05) is 0 Å². The molecule has 0 heterocycles. The van der Waals surface area contributed by atoms with Gasteiger partial charge >= 0.3 is 0 Å². The van der Waals surface area contributed by atoms with Gasteiger partial charge < -0.3 is 4.90 Å². The standard InChI is InChI=1S/C56H41N/c1-55(2)49-21-11-8-18-43(49)46-32-29-41(35-53(46)55)57(39-27-24-37(25-28-39)36-14-4-3-5-15-36)40-30-33-52-48(34-40)47-31-26-38-16-6-7-17-42(38)54(47)56(52)50-22-12-9-19-44(50)45-20-10-13-23-51(45)56/h3-25,27-30,32-35H,26,31H2,1-2H3. The van der Waals surface area contributed by atoms with E-state index in [0.717, 1.165) is 18.5 Å². The topological polar surface area (TPSA) is 3.24 Å². The van der Waals surface area contributed by atoms with Gasteiger partial charge in [-0.1, -0.05) is 166 Å². The van der Waals surface area contributed by atoms with E-state index in [1.165, 1.54) is 100 Å². The Morgan fingerprint density at radius 3 is 1.60 bits per heavy atom. The Hall–Kier alpha value is -6.70. The summed E-state index contributed by atoms with van der Waals surface area (Å²) < 4.78 is 0. The van der Waals surface area contributed by atoms with Crippen molar-refractivity contribution in [1.29, 1.82) is 0 Å². The number of anilines is 3. The van der Waals surface area contributed by atoms with Crippen LogP contribution in [0.1, 0.15) is 64.8 Å². The molecule has 0 N–H and O–H groups in total. The van der Waals surface area contributed by atoms with Gasteiger partial charge in [0, 0.05) is 22.5 Å². The van der Waals surface area contributed by atoms with Gasteiger partial charge in [-0.15, -0.1) is 0 Å². The van der Waals surface area contributed by atoms with Crippen LogP contribution in [0.5, 0.6) is 0 Å². The predicted octanol–water partition coefficient (Wildman–Crippen LogP) is 14.3. The van der Waals surface area contributed by atoms with Crippen LogP contribution in [0.2, 0.25) is 0 Å². The van der Waals surface area contributed by atoms with E-state index >= 15 is 0 Å². The lowest BCUT2D eigenvalue weighted by Crippen LogP contribution is -2.27. The Labute approximate surface area is 335 Å². The molecule has 57 heavy (non-hydrogen) atoms. The molecular weight excluding hydrogens is 687 g/mol. The monoisotopic (exact) mass is 727 g/mol. The molecule has 0 atom stereocenters. The Bertz CT molecular complexity index is 2930. The second-order valence-electron chi connectivity index (χ2n) is 16.7. The maximum absolute atomic E-state index is 2.52. The van der Waals surface area contributed by atoms with Crippen molar-refractivity contribution >= 4 is 28.2 Å². The Morgan fingerprint density at radius 2 is 0.877 bits per heavy atom. The molecule has 4 aliphatic carbocycles. The van der Waals surface area contributed by atoms with Crippen molar-refractivity contribution in [2.24, 2.45) is 0 Å². The van der Waals surface area contributed by atoms with Crippen LogP contribution in [0, 0.1) is 0 Å². The molecule has 4 aliphatic rings. The molecular formula is C56H41N. The van der Waals surface area contributed by atoms with Crippen molar-refractivity contribution in [2.75, 3.05) is 4.90 Å². The highest BCUT2D eigenvalue weighted by Gasteiger charge is 2.54. The van der Waals surface area contributed by atoms with E-state index < -0.39 is 0 Å². The Morgan fingerprint density at radius 1 is 0.368 bits per heavy atom. The first-order chi connectivity index (χ1) is 28.0. The maximum atomic E-state index is 2.52. The minimum Gasteiger partial charge on any atom is -0.310 e. The van der Waals surface area contributed by atoms with Gasteiger partial charge in [-0.3, -0.25) is 0 Å². The zero-order chi connectivity index (χ0) is 37.9. The van der Waals surface area contributed by atoms with Crippen LogP contribution in [-0.4, -0.2) is 0 Å². The molecule has 12 rings (SSSR count). The van der Waals surface area contributed by atoms with Crippen LogP contribution in [0.4, 0.5) is 17.1 Å². The van der Waals surface area contributed by atoms with E-state index in [0.29, 0.717) is 0 Å². The molecule has 0 saturated carbocycles. The number of rotatable bonds is 4. The van der Waals surface area contributed by atoms with Crippen molar-refractivity contribution in [2.45, 2.75) is 37.5 Å². The summed E-state index contributed by atoms with van der Waals surface area (Å²) in [5.74, 6) is 0. The number of hydrogen-bond donors (Lipinski definition) is 0. The average molecular weight is 728 g/mol. The van der Waals surface area contributed by atoms with Gasteiger partial charge in [-0.2, -0.15) is 0 Å². The SMILES string of the molecule is CC1(C)c2ccccc2-c2ccc(N(c3ccc(-c4ccccc4)cc3)c3ccc4c(c3)C3=C(c5ccccc5CC3)C43c4ccccc4-c4ccccc43)cc21. The van der Waals surface area contributed by atoms with Gasteiger partial charge in [0.1, 0.15) is 0 Å². The van der Waals surface area contributed by atoms with Crippen LogP contribution in [0.15, 0.2) is 188 Å².